The molecule has 1 N–H and O–H groups in total. The van der Waals surface area contributed by atoms with Crippen LogP contribution < -0.4 is 5.32 Å². The molecule has 0 aliphatic rings. The topological polar surface area (TPSA) is 64.6 Å². The van der Waals surface area contributed by atoms with Crippen molar-refractivity contribution in [1.82, 2.24) is 5.32 Å². The third-order valence-electron chi connectivity index (χ3n) is 1.52. The molecule has 0 spiro atoms. The summed E-state index contributed by atoms with van der Waals surface area (Å²) in [6.07, 6.45) is 3.07. The van der Waals surface area contributed by atoms with Crippen molar-refractivity contribution in [3.63, 3.8) is 0 Å². The first kappa shape index (κ1) is 15.5. The molecular formula is C12H21NO4. The van der Waals surface area contributed by atoms with Gasteiger partial charge in [-0.3, -0.25) is 4.79 Å². The highest BCUT2D eigenvalue weighted by molar-refractivity contribution is 5.71. The Labute approximate surface area is 102 Å². The van der Waals surface area contributed by atoms with E-state index in [1.807, 2.05) is 0 Å². The van der Waals surface area contributed by atoms with Crippen LogP contribution in [0.2, 0.25) is 0 Å². The molecule has 0 bridgehead atoms. The van der Waals surface area contributed by atoms with Crippen molar-refractivity contribution in [2.45, 2.75) is 39.7 Å². The lowest BCUT2D eigenvalue weighted by Crippen LogP contribution is -2.32. The Morgan fingerprint density at radius 3 is 2.41 bits per heavy atom. The molecule has 0 aliphatic heterocycles. The van der Waals surface area contributed by atoms with Crippen molar-refractivity contribution in [3.05, 3.63) is 12.2 Å². The lowest BCUT2D eigenvalue weighted by atomic mass is 10.2. The highest BCUT2D eigenvalue weighted by atomic mass is 16.6. The van der Waals surface area contributed by atoms with Crippen LogP contribution in [0.15, 0.2) is 12.2 Å². The Morgan fingerprint density at radius 1 is 1.24 bits per heavy atom. The molecule has 0 unspecified atom stereocenters. The molecule has 0 heterocycles. The average molecular weight is 243 g/mol. The van der Waals surface area contributed by atoms with Gasteiger partial charge in [-0.1, -0.05) is 12.2 Å². The minimum absolute atomic E-state index is 0.212. The zero-order valence-corrected chi connectivity index (χ0v) is 10.9. The zero-order chi connectivity index (χ0) is 13.3. The normalized spacial score (nSPS) is 11.3. The highest BCUT2D eigenvalue weighted by Crippen LogP contribution is 2.06. The summed E-state index contributed by atoms with van der Waals surface area (Å²) < 4.78 is 9.76. The van der Waals surface area contributed by atoms with Gasteiger partial charge in [0.2, 0.25) is 0 Å². The monoisotopic (exact) mass is 243 g/mol. The fraction of sp³-hybridized carbons (Fsp3) is 0.667. The summed E-state index contributed by atoms with van der Waals surface area (Å²) in [4.78, 5) is 22.1. The molecule has 0 aliphatic carbocycles. The number of nitrogens with one attached hydrogen (secondary N) is 1. The fourth-order valence-corrected chi connectivity index (χ4v) is 0.939. The summed E-state index contributed by atoms with van der Waals surface area (Å²) in [6.45, 7) is 7.85. The van der Waals surface area contributed by atoms with Gasteiger partial charge in [0.05, 0.1) is 13.0 Å². The van der Waals surface area contributed by atoms with E-state index < -0.39 is 11.7 Å². The van der Waals surface area contributed by atoms with Gasteiger partial charge in [-0.15, -0.1) is 0 Å². The number of hydrogen-bond acceptors (Lipinski definition) is 4. The van der Waals surface area contributed by atoms with Gasteiger partial charge in [0.25, 0.3) is 0 Å². The molecule has 0 fully saturated rings. The Bertz CT molecular complexity index is 279. The van der Waals surface area contributed by atoms with Crippen LogP contribution in [0.1, 0.15) is 34.1 Å². The van der Waals surface area contributed by atoms with Crippen LogP contribution in [0.4, 0.5) is 4.79 Å². The van der Waals surface area contributed by atoms with Gasteiger partial charge in [0.15, 0.2) is 0 Å². The lowest BCUT2D eigenvalue weighted by Gasteiger charge is -2.19. The molecule has 17 heavy (non-hydrogen) atoms. The van der Waals surface area contributed by atoms with Crippen LogP contribution in [0.3, 0.4) is 0 Å². The predicted molar refractivity (Wildman–Crippen MR) is 64.6 cm³/mol. The summed E-state index contributed by atoms with van der Waals surface area (Å²) in [5.41, 5.74) is -0.501. The lowest BCUT2D eigenvalue weighted by molar-refractivity contribution is -0.142. The van der Waals surface area contributed by atoms with Gasteiger partial charge < -0.3 is 14.8 Å². The van der Waals surface area contributed by atoms with Crippen LogP contribution in [-0.2, 0) is 14.3 Å². The first-order valence-corrected chi connectivity index (χ1v) is 5.62. The number of carbonyl (C=O) groups excluding carboxylic acids is 2. The van der Waals surface area contributed by atoms with E-state index in [-0.39, 0.29) is 12.4 Å². The summed E-state index contributed by atoms with van der Waals surface area (Å²) in [5, 5.41) is 2.54. The summed E-state index contributed by atoms with van der Waals surface area (Å²) >= 11 is 0. The van der Waals surface area contributed by atoms with Gasteiger partial charge in [0, 0.05) is 6.54 Å². The Kier molecular flexibility index (Phi) is 7.02. The number of hydrogen-bond donors (Lipinski definition) is 1. The summed E-state index contributed by atoms with van der Waals surface area (Å²) in [6, 6.07) is 0. The van der Waals surface area contributed by atoms with E-state index >= 15 is 0 Å². The van der Waals surface area contributed by atoms with E-state index in [0.717, 1.165) is 0 Å². The first-order chi connectivity index (χ1) is 7.85. The maximum absolute atomic E-state index is 11.2. The van der Waals surface area contributed by atoms with Gasteiger partial charge in [-0.05, 0) is 27.7 Å². The maximum atomic E-state index is 11.2. The van der Waals surface area contributed by atoms with Crippen molar-refractivity contribution >= 4 is 12.1 Å². The molecule has 0 atom stereocenters. The van der Waals surface area contributed by atoms with Crippen LogP contribution in [0.5, 0.6) is 0 Å². The highest BCUT2D eigenvalue weighted by Gasteiger charge is 2.14. The van der Waals surface area contributed by atoms with E-state index in [9.17, 15) is 9.59 Å². The van der Waals surface area contributed by atoms with Crippen molar-refractivity contribution in [2.24, 2.45) is 0 Å². The van der Waals surface area contributed by atoms with E-state index in [4.69, 9.17) is 9.47 Å². The van der Waals surface area contributed by atoms with Crippen LogP contribution in [0, 0.1) is 0 Å². The van der Waals surface area contributed by atoms with Crippen molar-refractivity contribution in [1.29, 1.82) is 0 Å². The zero-order valence-electron chi connectivity index (χ0n) is 10.9. The Hall–Kier alpha value is -1.52. The van der Waals surface area contributed by atoms with Gasteiger partial charge in [0.1, 0.15) is 5.60 Å². The SMILES string of the molecule is CCOC(=O)C/C=C/CNC(=O)OC(C)(C)C. The molecule has 0 radical (unpaired) electrons. The quantitative estimate of drug-likeness (QED) is 0.592. The second-order valence-corrected chi connectivity index (χ2v) is 4.36. The number of carbonyl (C=O) groups is 2. The molecule has 0 saturated heterocycles. The van der Waals surface area contributed by atoms with E-state index in [2.05, 4.69) is 5.32 Å². The number of amides is 1. The van der Waals surface area contributed by atoms with E-state index in [1.54, 1.807) is 39.8 Å². The average Bonchev–Trinajstić information content (AvgIpc) is 2.14. The molecule has 5 nitrogen and oxygen atoms in total. The third kappa shape index (κ3) is 10.8. The van der Waals surface area contributed by atoms with Gasteiger partial charge in [-0.2, -0.15) is 0 Å². The smallest absolute Gasteiger partial charge is 0.407 e. The molecule has 1 amide bonds. The second kappa shape index (κ2) is 7.70. The molecule has 5 heteroatoms. The number of rotatable bonds is 5. The number of alkyl carbamates (subject to hydrolysis) is 1. The first-order valence-electron chi connectivity index (χ1n) is 5.62. The summed E-state index contributed by atoms with van der Waals surface area (Å²) in [5.74, 6) is -0.277. The van der Waals surface area contributed by atoms with Crippen LogP contribution in [-0.4, -0.2) is 30.8 Å². The van der Waals surface area contributed by atoms with E-state index in [0.29, 0.717) is 13.2 Å². The van der Waals surface area contributed by atoms with Gasteiger partial charge >= 0.3 is 12.1 Å². The molecular weight excluding hydrogens is 222 g/mol. The molecule has 0 aromatic rings. The largest absolute Gasteiger partial charge is 0.466 e. The second-order valence-electron chi connectivity index (χ2n) is 4.36. The van der Waals surface area contributed by atoms with Crippen LogP contribution in [0.25, 0.3) is 0 Å². The minimum Gasteiger partial charge on any atom is -0.466 e. The molecule has 0 rings (SSSR count). The maximum Gasteiger partial charge on any atom is 0.407 e. The van der Waals surface area contributed by atoms with Crippen molar-refractivity contribution in [3.8, 4) is 0 Å². The molecule has 0 aromatic heterocycles. The molecule has 0 aromatic carbocycles. The Morgan fingerprint density at radius 2 is 1.88 bits per heavy atom. The number of ether oxygens (including phenoxy) is 2. The predicted octanol–water partition coefficient (Wildman–Crippen LogP) is 2.02. The summed E-state index contributed by atoms with van der Waals surface area (Å²) in [7, 11) is 0. The van der Waals surface area contributed by atoms with Crippen molar-refractivity contribution in [2.75, 3.05) is 13.2 Å². The Balaban J connectivity index is 3.66. The van der Waals surface area contributed by atoms with Crippen molar-refractivity contribution < 1.29 is 19.1 Å². The van der Waals surface area contributed by atoms with Gasteiger partial charge in [-0.25, -0.2) is 4.79 Å². The van der Waals surface area contributed by atoms with Crippen LogP contribution >= 0.6 is 0 Å². The molecule has 0 saturated carbocycles. The fourth-order valence-electron chi connectivity index (χ4n) is 0.939. The van der Waals surface area contributed by atoms with E-state index in [1.165, 1.54) is 0 Å². The number of esters is 1. The third-order valence-corrected chi connectivity index (χ3v) is 1.52. The standard InChI is InChI=1S/C12H21NO4/c1-5-16-10(14)8-6-7-9-13-11(15)17-12(2,3)4/h6-7H,5,8-9H2,1-4H3,(H,13,15)/b7-6+. The minimum atomic E-state index is -0.501. The molecule has 98 valence electrons.